The molecule has 1 aliphatic carbocycles. The Hall–Kier alpha value is -1.89. The molecule has 0 unspecified atom stereocenters. The molecule has 1 aromatic rings. The van der Waals surface area contributed by atoms with Crippen molar-refractivity contribution < 1.29 is 9.59 Å². The molecule has 1 heterocycles. The number of H-pyrrole nitrogens is 1. The van der Waals surface area contributed by atoms with E-state index in [1.165, 1.54) is 0 Å². The van der Waals surface area contributed by atoms with Crippen molar-refractivity contribution in [3.8, 4) is 0 Å². The summed E-state index contributed by atoms with van der Waals surface area (Å²) in [5.41, 5.74) is 1.57. The summed E-state index contributed by atoms with van der Waals surface area (Å²) in [4.78, 5) is 37.8. The average molecular weight is 392 g/mol. The van der Waals surface area contributed by atoms with E-state index < -0.39 is 0 Å². The van der Waals surface area contributed by atoms with Gasteiger partial charge in [-0.15, -0.1) is 0 Å². The normalized spacial score (nSPS) is 20.2. The van der Waals surface area contributed by atoms with Gasteiger partial charge >= 0.3 is 0 Å². The number of nitrogens with zero attached hydrogens (tertiary/aromatic N) is 3. The Labute approximate surface area is 169 Å². The number of carbonyl (C=O) groups is 2. The third-order valence-corrected chi connectivity index (χ3v) is 5.32. The predicted molar refractivity (Wildman–Crippen MR) is 111 cm³/mol. The molecule has 2 atom stereocenters. The van der Waals surface area contributed by atoms with Crippen molar-refractivity contribution in [1.82, 2.24) is 25.1 Å². The maximum Gasteiger partial charge on any atom is 0.226 e. The van der Waals surface area contributed by atoms with Gasteiger partial charge in [-0.3, -0.25) is 9.59 Å². The summed E-state index contributed by atoms with van der Waals surface area (Å²) < 4.78 is 0. The smallest absolute Gasteiger partial charge is 0.226 e. The number of amides is 2. The van der Waals surface area contributed by atoms with E-state index in [-0.39, 0.29) is 29.2 Å². The van der Waals surface area contributed by atoms with Crippen molar-refractivity contribution in [2.45, 2.75) is 65.5 Å². The number of imidazole rings is 1. The van der Waals surface area contributed by atoms with E-state index in [4.69, 9.17) is 0 Å². The fourth-order valence-electron chi connectivity index (χ4n) is 3.75. The zero-order valence-electron chi connectivity index (χ0n) is 18.3. The molecule has 0 aliphatic heterocycles. The summed E-state index contributed by atoms with van der Waals surface area (Å²) in [7, 11) is 4.01. The summed E-state index contributed by atoms with van der Waals surface area (Å²) in [6.45, 7) is 9.79. The number of aromatic nitrogens is 2. The van der Waals surface area contributed by atoms with Crippen LogP contribution in [-0.2, 0) is 16.1 Å². The van der Waals surface area contributed by atoms with Gasteiger partial charge in [0.25, 0.3) is 0 Å². The minimum Gasteiger partial charge on any atom is -0.351 e. The number of aromatic amines is 1. The number of aryl methyl sites for hydroxylation is 1. The van der Waals surface area contributed by atoms with E-state index in [9.17, 15) is 9.59 Å². The van der Waals surface area contributed by atoms with Gasteiger partial charge in [0, 0.05) is 36.2 Å². The van der Waals surface area contributed by atoms with E-state index in [2.05, 4.69) is 20.2 Å². The molecule has 2 rings (SSSR count). The van der Waals surface area contributed by atoms with Crippen LogP contribution in [0.25, 0.3) is 0 Å². The molecule has 28 heavy (non-hydrogen) atoms. The van der Waals surface area contributed by atoms with Crippen molar-refractivity contribution >= 4 is 11.8 Å². The molecule has 1 fully saturated rings. The van der Waals surface area contributed by atoms with Crippen LogP contribution in [0.1, 0.15) is 57.8 Å². The lowest BCUT2D eigenvalue weighted by Crippen LogP contribution is -2.50. The number of carbonyl (C=O) groups excluding carboxylic acids is 2. The zero-order chi connectivity index (χ0) is 20.9. The van der Waals surface area contributed by atoms with Crippen molar-refractivity contribution in [2.75, 3.05) is 27.2 Å². The van der Waals surface area contributed by atoms with Gasteiger partial charge in [-0.1, -0.05) is 12.8 Å². The number of likely N-dealkylation sites (N-methyl/N-ethyl adjacent to an activating group) is 1. The van der Waals surface area contributed by atoms with Crippen LogP contribution in [0.4, 0.5) is 0 Å². The molecule has 158 valence electrons. The summed E-state index contributed by atoms with van der Waals surface area (Å²) in [5, 5.41) is 3.08. The topological polar surface area (TPSA) is 81.3 Å². The van der Waals surface area contributed by atoms with E-state index >= 15 is 0 Å². The standard InChI is InChI=1S/C21H37N5O2/c1-15-18(23-14-22-15)13-26(12-11-25(5)6)20(28)17-10-8-7-9-16(17)19(27)24-21(2,3)4/h14,16-17H,7-13H2,1-6H3,(H,22,23)(H,24,27)/t16-,17+/m1/s1. The molecule has 7 heteroatoms. The van der Waals surface area contributed by atoms with Crippen molar-refractivity contribution in [2.24, 2.45) is 11.8 Å². The number of hydrogen-bond acceptors (Lipinski definition) is 4. The molecule has 1 aliphatic rings. The lowest BCUT2D eigenvalue weighted by atomic mass is 9.77. The molecule has 0 bridgehead atoms. The van der Waals surface area contributed by atoms with E-state index in [0.29, 0.717) is 13.1 Å². The van der Waals surface area contributed by atoms with Gasteiger partial charge in [0.05, 0.1) is 18.6 Å². The molecular weight excluding hydrogens is 354 g/mol. The summed E-state index contributed by atoms with van der Waals surface area (Å²) >= 11 is 0. The van der Waals surface area contributed by atoms with Crippen LogP contribution < -0.4 is 5.32 Å². The van der Waals surface area contributed by atoms with Gasteiger partial charge in [-0.05, 0) is 54.6 Å². The first kappa shape index (κ1) is 22.4. The second-order valence-electron chi connectivity index (χ2n) is 9.27. The zero-order valence-corrected chi connectivity index (χ0v) is 18.3. The molecule has 7 nitrogen and oxygen atoms in total. The second-order valence-corrected chi connectivity index (χ2v) is 9.27. The van der Waals surface area contributed by atoms with Gasteiger partial charge in [0.15, 0.2) is 0 Å². The molecule has 2 N–H and O–H groups in total. The third-order valence-electron chi connectivity index (χ3n) is 5.32. The van der Waals surface area contributed by atoms with E-state index in [0.717, 1.165) is 43.6 Å². The Morgan fingerprint density at radius 1 is 1.18 bits per heavy atom. The Bertz CT molecular complexity index is 662. The van der Waals surface area contributed by atoms with Crippen LogP contribution >= 0.6 is 0 Å². The van der Waals surface area contributed by atoms with Crippen molar-refractivity contribution in [3.05, 3.63) is 17.7 Å². The maximum absolute atomic E-state index is 13.5. The van der Waals surface area contributed by atoms with Gasteiger partial charge in [-0.25, -0.2) is 4.98 Å². The predicted octanol–water partition coefficient (Wildman–Crippen LogP) is 2.33. The molecule has 0 spiro atoms. The van der Waals surface area contributed by atoms with Crippen LogP contribution in [0.15, 0.2) is 6.33 Å². The Balaban J connectivity index is 2.18. The Kier molecular flexibility index (Phi) is 7.63. The highest BCUT2D eigenvalue weighted by Gasteiger charge is 2.38. The molecule has 0 radical (unpaired) electrons. The minimum absolute atomic E-state index is 0.00839. The lowest BCUT2D eigenvalue weighted by molar-refractivity contribution is -0.144. The van der Waals surface area contributed by atoms with E-state index in [1.807, 2.05) is 46.7 Å². The molecule has 1 saturated carbocycles. The van der Waals surface area contributed by atoms with Gasteiger partial charge in [0.2, 0.25) is 11.8 Å². The van der Waals surface area contributed by atoms with Gasteiger partial charge in [0.1, 0.15) is 0 Å². The highest BCUT2D eigenvalue weighted by molar-refractivity contribution is 5.88. The summed E-state index contributed by atoms with van der Waals surface area (Å²) in [6, 6.07) is 0. The Morgan fingerprint density at radius 2 is 1.82 bits per heavy atom. The fourth-order valence-corrected chi connectivity index (χ4v) is 3.75. The monoisotopic (exact) mass is 391 g/mol. The quantitative estimate of drug-likeness (QED) is 0.747. The SMILES string of the molecule is Cc1[nH]cnc1CN(CCN(C)C)C(=O)[C@H]1CCCC[C@H]1C(=O)NC(C)(C)C. The van der Waals surface area contributed by atoms with E-state index in [1.54, 1.807) is 6.33 Å². The number of nitrogens with one attached hydrogen (secondary N) is 2. The van der Waals surface area contributed by atoms with Crippen molar-refractivity contribution in [3.63, 3.8) is 0 Å². The van der Waals surface area contributed by atoms with Crippen molar-refractivity contribution in [1.29, 1.82) is 0 Å². The molecule has 2 amide bonds. The van der Waals surface area contributed by atoms with Crippen LogP contribution in [0.3, 0.4) is 0 Å². The molecular formula is C21H37N5O2. The maximum atomic E-state index is 13.5. The number of hydrogen-bond donors (Lipinski definition) is 2. The molecule has 0 saturated heterocycles. The van der Waals surface area contributed by atoms with Gasteiger partial charge in [-0.2, -0.15) is 0 Å². The Morgan fingerprint density at radius 3 is 2.36 bits per heavy atom. The fraction of sp³-hybridized carbons (Fsp3) is 0.762. The molecule has 1 aromatic heterocycles. The first-order valence-electron chi connectivity index (χ1n) is 10.3. The highest BCUT2D eigenvalue weighted by atomic mass is 16.2. The second kappa shape index (κ2) is 9.54. The first-order chi connectivity index (χ1) is 13.1. The summed E-state index contributed by atoms with van der Waals surface area (Å²) in [6.07, 6.45) is 5.22. The lowest BCUT2D eigenvalue weighted by Gasteiger charge is -2.35. The largest absolute Gasteiger partial charge is 0.351 e. The number of rotatable bonds is 7. The van der Waals surface area contributed by atoms with Crippen LogP contribution in [0, 0.1) is 18.8 Å². The minimum atomic E-state index is -0.293. The average Bonchev–Trinajstić information content (AvgIpc) is 3.01. The molecule has 0 aromatic carbocycles. The highest BCUT2D eigenvalue weighted by Crippen LogP contribution is 2.32. The van der Waals surface area contributed by atoms with Gasteiger partial charge < -0.3 is 20.1 Å². The summed E-state index contributed by atoms with van der Waals surface area (Å²) in [5.74, 6) is -0.410. The third kappa shape index (κ3) is 6.33. The van der Waals surface area contributed by atoms with Crippen LogP contribution in [-0.4, -0.2) is 64.3 Å². The van der Waals surface area contributed by atoms with Crippen LogP contribution in [0.5, 0.6) is 0 Å². The van der Waals surface area contributed by atoms with Crippen LogP contribution in [0.2, 0.25) is 0 Å². The first-order valence-corrected chi connectivity index (χ1v) is 10.3.